The van der Waals surface area contributed by atoms with Crippen molar-refractivity contribution in [2.45, 2.75) is 19.4 Å². The predicted octanol–water partition coefficient (Wildman–Crippen LogP) is 3.44. The number of aliphatic hydroxyl groups excluding tert-OH is 1. The smallest absolute Gasteiger partial charge is 0.295 e. The number of aromatic nitrogens is 2. The Morgan fingerprint density at radius 2 is 1.94 bits per heavy atom. The number of benzene rings is 1. The molecule has 2 aliphatic heterocycles. The second kappa shape index (κ2) is 9.81. The number of rotatable bonds is 6. The Morgan fingerprint density at radius 1 is 1.14 bits per heavy atom. The van der Waals surface area contributed by atoms with Gasteiger partial charge in [-0.2, -0.15) is 0 Å². The molecule has 1 atom stereocenters. The summed E-state index contributed by atoms with van der Waals surface area (Å²) in [6.45, 7) is 6.05. The van der Waals surface area contributed by atoms with Crippen LogP contribution in [-0.2, 0) is 14.3 Å². The average Bonchev–Trinajstić information content (AvgIpc) is 3.32. The lowest BCUT2D eigenvalue weighted by molar-refractivity contribution is -0.140. The number of pyridine rings is 1. The van der Waals surface area contributed by atoms with E-state index >= 15 is 0 Å². The molecule has 2 aromatic heterocycles. The van der Waals surface area contributed by atoms with Crippen molar-refractivity contribution in [2.24, 2.45) is 0 Å². The highest BCUT2D eigenvalue weighted by Crippen LogP contribution is 2.40. The molecule has 9 heteroatoms. The first-order valence-electron chi connectivity index (χ1n) is 11.7. The Bertz CT molecular complexity index is 1310. The number of amides is 1. The molecule has 0 aliphatic carbocycles. The number of likely N-dealkylation sites (tertiary alicyclic amines) is 1. The Kier molecular flexibility index (Phi) is 6.60. The summed E-state index contributed by atoms with van der Waals surface area (Å²) in [6.07, 6.45) is 2.47. The summed E-state index contributed by atoms with van der Waals surface area (Å²) in [5, 5.41) is 12.0. The maximum Gasteiger partial charge on any atom is 0.295 e. The lowest BCUT2D eigenvalue weighted by Gasteiger charge is -2.29. The van der Waals surface area contributed by atoms with Crippen LogP contribution in [0.4, 0.5) is 0 Å². The van der Waals surface area contributed by atoms with Gasteiger partial charge in [-0.3, -0.25) is 18.9 Å². The van der Waals surface area contributed by atoms with Gasteiger partial charge in [-0.1, -0.05) is 29.8 Å². The van der Waals surface area contributed by atoms with Crippen molar-refractivity contribution in [1.82, 2.24) is 19.2 Å². The number of morpholine rings is 1. The number of carbonyl (C=O) groups excluding carboxylic acids is 2. The van der Waals surface area contributed by atoms with Crippen molar-refractivity contribution in [3.63, 3.8) is 0 Å². The topological polar surface area (TPSA) is 87.4 Å². The first-order valence-corrected chi connectivity index (χ1v) is 12.1. The molecular weight excluding hydrogens is 468 g/mol. The van der Waals surface area contributed by atoms with Crippen LogP contribution in [0.1, 0.15) is 29.4 Å². The van der Waals surface area contributed by atoms with Crippen LogP contribution in [0, 0.1) is 6.92 Å². The van der Waals surface area contributed by atoms with Gasteiger partial charge in [-0.05, 0) is 43.2 Å². The van der Waals surface area contributed by atoms with E-state index in [9.17, 15) is 14.7 Å². The Morgan fingerprint density at radius 3 is 2.71 bits per heavy atom. The van der Waals surface area contributed by atoms with Crippen molar-refractivity contribution in [3.8, 4) is 0 Å². The van der Waals surface area contributed by atoms with Crippen LogP contribution in [0.15, 0.2) is 54.2 Å². The van der Waals surface area contributed by atoms with Gasteiger partial charge < -0.3 is 14.7 Å². The molecule has 2 fully saturated rings. The van der Waals surface area contributed by atoms with Crippen LogP contribution in [0.5, 0.6) is 0 Å². The van der Waals surface area contributed by atoms with Crippen LogP contribution < -0.4 is 0 Å². The van der Waals surface area contributed by atoms with Crippen LogP contribution in [-0.4, -0.2) is 75.4 Å². The molecular formula is C26H27ClN4O4. The fourth-order valence-corrected chi connectivity index (χ4v) is 5.15. The molecule has 3 aromatic rings. The number of halogens is 1. The van der Waals surface area contributed by atoms with E-state index in [1.807, 2.05) is 24.3 Å². The molecule has 35 heavy (non-hydrogen) atoms. The third-order valence-electron chi connectivity index (χ3n) is 6.61. The Balaban J connectivity index is 1.55. The van der Waals surface area contributed by atoms with E-state index < -0.39 is 17.7 Å². The van der Waals surface area contributed by atoms with Gasteiger partial charge in [0.1, 0.15) is 11.3 Å². The third-order valence-corrected chi connectivity index (χ3v) is 6.85. The Labute approximate surface area is 208 Å². The summed E-state index contributed by atoms with van der Waals surface area (Å²) >= 11 is 6.28. The first-order chi connectivity index (χ1) is 17.0. The number of aryl methyl sites for hydroxylation is 1. The van der Waals surface area contributed by atoms with E-state index in [4.69, 9.17) is 16.3 Å². The van der Waals surface area contributed by atoms with E-state index in [1.165, 1.54) is 0 Å². The fourth-order valence-electron chi connectivity index (χ4n) is 4.95. The summed E-state index contributed by atoms with van der Waals surface area (Å²) in [6, 6.07) is 11.8. The molecule has 1 amide bonds. The molecule has 1 unspecified atom stereocenters. The van der Waals surface area contributed by atoms with Gasteiger partial charge in [0.15, 0.2) is 5.76 Å². The highest BCUT2D eigenvalue weighted by Gasteiger charge is 2.46. The van der Waals surface area contributed by atoms with Gasteiger partial charge in [-0.15, -0.1) is 0 Å². The maximum absolute atomic E-state index is 13.3. The normalized spacial score (nSPS) is 20.7. The predicted molar refractivity (Wildman–Crippen MR) is 132 cm³/mol. The highest BCUT2D eigenvalue weighted by atomic mass is 35.5. The van der Waals surface area contributed by atoms with E-state index in [1.54, 1.807) is 40.6 Å². The van der Waals surface area contributed by atoms with Crippen molar-refractivity contribution in [1.29, 1.82) is 0 Å². The number of imidazole rings is 1. The van der Waals surface area contributed by atoms with Crippen molar-refractivity contribution < 1.29 is 19.4 Å². The molecule has 8 nitrogen and oxygen atoms in total. The third kappa shape index (κ3) is 4.45. The molecule has 1 aromatic carbocycles. The molecule has 182 valence electrons. The summed E-state index contributed by atoms with van der Waals surface area (Å²) in [4.78, 5) is 34.9. The maximum atomic E-state index is 13.3. The van der Waals surface area contributed by atoms with Gasteiger partial charge in [0, 0.05) is 37.4 Å². The molecule has 1 N–H and O–H groups in total. The monoisotopic (exact) mass is 494 g/mol. The van der Waals surface area contributed by atoms with E-state index in [-0.39, 0.29) is 11.3 Å². The quantitative estimate of drug-likeness (QED) is 0.321. The lowest BCUT2D eigenvalue weighted by Crippen LogP contribution is -2.38. The van der Waals surface area contributed by atoms with Gasteiger partial charge in [0.05, 0.1) is 30.5 Å². The van der Waals surface area contributed by atoms with E-state index in [0.29, 0.717) is 53.8 Å². The van der Waals surface area contributed by atoms with Crippen molar-refractivity contribution in [2.75, 3.05) is 39.4 Å². The number of carbonyl (C=O) groups is 2. The van der Waals surface area contributed by atoms with Crippen molar-refractivity contribution in [3.05, 3.63) is 76.2 Å². The summed E-state index contributed by atoms with van der Waals surface area (Å²) in [7, 11) is 0. The van der Waals surface area contributed by atoms with Crippen LogP contribution in [0.2, 0.25) is 5.02 Å². The second-order valence-electron chi connectivity index (χ2n) is 8.83. The number of Topliss-reactive ketones (excluding diaryl/α,β-unsaturated/α-hetero) is 1. The number of ketones is 1. The second-order valence-corrected chi connectivity index (χ2v) is 9.27. The summed E-state index contributed by atoms with van der Waals surface area (Å²) < 4.78 is 7.14. The first kappa shape index (κ1) is 23.5. The minimum absolute atomic E-state index is 0.0531. The molecule has 0 radical (unpaired) electrons. The zero-order valence-electron chi connectivity index (χ0n) is 19.5. The lowest BCUT2D eigenvalue weighted by atomic mass is 9.96. The number of fused-ring (bicyclic) bond motifs is 1. The number of nitrogens with zero attached hydrogens (tertiary/aromatic N) is 4. The largest absolute Gasteiger partial charge is 0.505 e. The zero-order chi connectivity index (χ0) is 24.5. The summed E-state index contributed by atoms with van der Waals surface area (Å²) in [5.41, 5.74) is 2.34. The van der Waals surface area contributed by atoms with Gasteiger partial charge in [0.25, 0.3) is 11.7 Å². The molecule has 0 spiro atoms. The number of hydrogen-bond donors (Lipinski definition) is 1. The highest BCUT2D eigenvalue weighted by molar-refractivity contribution is 6.46. The fraction of sp³-hybridized carbons (Fsp3) is 0.346. The standard InChI is InChI=1S/C26H27ClN4O4/c1-17-22(30-10-3-2-8-20(30)28-17)24(32)21-23(18-6-4-7-19(27)16-18)31(26(34)25(21)33)11-5-9-29-12-14-35-15-13-29/h2-4,6-8,10,16,23,32H,5,9,11-15H2,1H3/b24-21+. The average molecular weight is 495 g/mol. The SMILES string of the molecule is Cc1nc2ccccn2c1/C(O)=C1\C(=O)C(=O)N(CCCN2CCOCC2)C1c1cccc(Cl)c1. The van der Waals surface area contributed by atoms with Gasteiger partial charge in [0.2, 0.25) is 0 Å². The van der Waals surface area contributed by atoms with Crippen molar-refractivity contribution >= 4 is 34.7 Å². The van der Waals surface area contributed by atoms with E-state index in [0.717, 1.165) is 19.6 Å². The van der Waals surface area contributed by atoms with Crippen LogP contribution >= 0.6 is 11.6 Å². The number of ether oxygens (including phenoxy) is 1. The molecule has 5 rings (SSSR count). The molecule has 0 bridgehead atoms. The van der Waals surface area contributed by atoms with Gasteiger partial charge in [-0.25, -0.2) is 4.98 Å². The zero-order valence-corrected chi connectivity index (χ0v) is 20.2. The molecule has 2 aliphatic rings. The van der Waals surface area contributed by atoms with E-state index in [2.05, 4.69) is 9.88 Å². The minimum Gasteiger partial charge on any atom is -0.505 e. The van der Waals surface area contributed by atoms with Crippen LogP contribution in [0.25, 0.3) is 11.4 Å². The minimum atomic E-state index is -0.743. The summed E-state index contributed by atoms with van der Waals surface area (Å²) in [5.74, 6) is -1.56. The molecule has 0 saturated carbocycles. The molecule has 4 heterocycles. The van der Waals surface area contributed by atoms with Gasteiger partial charge >= 0.3 is 0 Å². The van der Waals surface area contributed by atoms with Crippen LogP contribution in [0.3, 0.4) is 0 Å². The molecule has 2 saturated heterocycles. The number of aliphatic hydroxyl groups is 1. The Hall–Kier alpha value is -3.20. The number of hydrogen-bond acceptors (Lipinski definition) is 6.